The van der Waals surface area contributed by atoms with Gasteiger partial charge in [-0.2, -0.15) is 0 Å². The lowest BCUT2D eigenvalue weighted by molar-refractivity contribution is 0.216. The number of nitrogens with zero attached hydrogens (tertiary/aromatic N) is 2. The number of thiocarbonyl (C=S) groups is 1. The Hall–Kier alpha value is -1.42. The van der Waals surface area contributed by atoms with Crippen molar-refractivity contribution in [1.29, 1.82) is 0 Å². The number of hydrogen-bond acceptors (Lipinski definition) is 2. The van der Waals surface area contributed by atoms with E-state index in [4.69, 9.17) is 12.2 Å². The smallest absolute Gasteiger partial charge is 0.0823 e. The maximum absolute atomic E-state index is 5.70. The first-order valence-electron chi connectivity index (χ1n) is 9.41. The molecule has 140 valence electrons. The minimum Gasteiger partial charge on any atom is -0.333 e. The lowest BCUT2D eigenvalue weighted by Crippen LogP contribution is -2.47. The van der Waals surface area contributed by atoms with Crippen molar-refractivity contribution < 1.29 is 0 Å². The maximum atomic E-state index is 5.70. The summed E-state index contributed by atoms with van der Waals surface area (Å²) in [6.45, 7) is 5.63. The van der Waals surface area contributed by atoms with Crippen molar-refractivity contribution in [2.75, 3.05) is 24.5 Å². The molecular formula is C22H29ClN2S. The van der Waals surface area contributed by atoms with Crippen LogP contribution in [0.5, 0.6) is 0 Å². The van der Waals surface area contributed by atoms with Crippen LogP contribution in [0.1, 0.15) is 31.7 Å². The number of anilines is 1. The van der Waals surface area contributed by atoms with Gasteiger partial charge in [-0.3, -0.25) is 0 Å². The molecule has 0 amide bonds. The van der Waals surface area contributed by atoms with Crippen molar-refractivity contribution in [3.05, 3.63) is 66.2 Å². The van der Waals surface area contributed by atoms with E-state index >= 15 is 0 Å². The molecule has 0 radical (unpaired) electrons. The number of likely N-dealkylation sites (tertiary alicyclic amines) is 1. The van der Waals surface area contributed by atoms with E-state index in [1.807, 2.05) is 0 Å². The number of benzene rings is 2. The van der Waals surface area contributed by atoms with E-state index in [-0.39, 0.29) is 12.4 Å². The molecule has 2 aromatic carbocycles. The van der Waals surface area contributed by atoms with Crippen LogP contribution in [0.2, 0.25) is 0 Å². The van der Waals surface area contributed by atoms with E-state index in [1.165, 1.54) is 24.1 Å². The molecule has 0 aliphatic carbocycles. The summed E-state index contributed by atoms with van der Waals surface area (Å²) in [6.07, 6.45) is 4.44. The van der Waals surface area contributed by atoms with Gasteiger partial charge in [0, 0.05) is 31.4 Å². The minimum absolute atomic E-state index is 0. The van der Waals surface area contributed by atoms with Gasteiger partial charge in [0.05, 0.1) is 4.99 Å². The van der Waals surface area contributed by atoms with Gasteiger partial charge in [-0.15, -0.1) is 12.4 Å². The van der Waals surface area contributed by atoms with Crippen LogP contribution < -0.4 is 4.90 Å². The van der Waals surface area contributed by atoms with Gasteiger partial charge in [0.15, 0.2) is 0 Å². The zero-order valence-corrected chi connectivity index (χ0v) is 17.1. The predicted octanol–water partition coefficient (Wildman–Crippen LogP) is 5.36. The first-order chi connectivity index (χ1) is 12.3. The fourth-order valence-corrected chi connectivity index (χ4v) is 3.90. The number of hydrogen-bond donors (Lipinski definition) is 0. The average molecular weight is 389 g/mol. The number of para-hydroxylation sites is 1. The molecule has 1 saturated heterocycles. The third-order valence-electron chi connectivity index (χ3n) is 5.09. The molecule has 26 heavy (non-hydrogen) atoms. The highest BCUT2D eigenvalue weighted by Crippen LogP contribution is 2.25. The normalized spacial score (nSPS) is 15.3. The minimum atomic E-state index is 0. The summed E-state index contributed by atoms with van der Waals surface area (Å²) in [7, 11) is 0. The van der Waals surface area contributed by atoms with Crippen molar-refractivity contribution in [1.82, 2.24) is 4.90 Å². The van der Waals surface area contributed by atoms with Gasteiger partial charge < -0.3 is 9.80 Å². The largest absolute Gasteiger partial charge is 0.333 e. The Morgan fingerprint density at radius 1 is 1.00 bits per heavy atom. The van der Waals surface area contributed by atoms with Crippen molar-refractivity contribution in [2.24, 2.45) is 0 Å². The molecule has 0 bridgehead atoms. The first-order valence-corrected chi connectivity index (χ1v) is 9.82. The van der Waals surface area contributed by atoms with Crippen LogP contribution in [0.3, 0.4) is 0 Å². The SMILES string of the molecule is CCC(=S)N(c1ccccc1)C1CCN(CCc2ccccc2)CC1.Cl. The van der Waals surface area contributed by atoms with Gasteiger partial charge in [-0.05, 0) is 43.4 Å². The summed E-state index contributed by atoms with van der Waals surface area (Å²) in [5.41, 5.74) is 2.68. The average Bonchev–Trinajstić information content (AvgIpc) is 2.69. The Kier molecular flexibility index (Phi) is 8.56. The molecular weight excluding hydrogens is 360 g/mol. The molecule has 1 aliphatic rings. The number of piperidine rings is 1. The Balaban J connectivity index is 0.00000243. The third kappa shape index (κ3) is 5.54. The van der Waals surface area contributed by atoms with Gasteiger partial charge in [0.2, 0.25) is 0 Å². The lowest BCUT2D eigenvalue weighted by atomic mass is 10.0. The van der Waals surface area contributed by atoms with Crippen LogP contribution in [0.15, 0.2) is 60.7 Å². The molecule has 2 nitrogen and oxygen atoms in total. The molecule has 0 N–H and O–H groups in total. The Labute approximate surface area is 169 Å². The van der Waals surface area contributed by atoms with E-state index in [0.29, 0.717) is 6.04 Å². The van der Waals surface area contributed by atoms with Crippen molar-refractivity contribution in [2.45, 2.75) is 38.6 Å². The molecule has 0 unspecified atom stereocenters. The molecule has 2 aromatic rings. The van der Waals surface area contributed by atoms with Gasteiger partial charge in [0.1, 0.15) is 0 Å². The van der Waals surface area contributed by atoms with Crippen LogP contribution in [0.25, 0.3) is 0 Å². The van der Waals surface area contributed by atoms with E-state index in [1.54, 1.807) is 0 Å². The van der Waals surface area contributed by atoms with E-state index in [9.17, 15) is 0 Å². The summed E-state index contributed by atoms with van der Waals surface area (Å²) >= 11 is 5.70. The second-order valence-corrected chi connectivity index (χ2v) is 7.23. The Morgan fingerprint density at radius 2 is 1.58 bits per heavy atom. The lowest BCUT2D eigenvalue weighted by Gasteiger charge is -2.40. The molecule has 1 fully saturated rings. The third-order valence-corrected chi connectivity index (χ3v) is 5.57. The van der Waals surface area contributed by atoms with Crippen LogP contribution >= 0.6 is 24.6 Å². The highest BCUT2D eigenvalue weighted by Gasteiger charge is 2.26. The van der Waals surface area contributed by atoms with Crippen molar-refractivity contribution in [3.8, 4) is 0 Å². The number of rotatable bonds is 6. The molecule has 0 aromatic heterocycles. The fraction of sp³-hybridized carbons (Fsp3) is 0.409. The second kappa shape index (κ2) is 10.7. The van der Waals surface area contributed by atoms with Gasteiger partial charge >= 0.3 is 0 Å². The second-order valence-electron chi connectivity index (χ2n) is 6.76. The molecule has 0 atom stereocenters. The fourth-order valence-electron chi connectivity index (χ4n) is 3.65. The highest BCUT2D eigenvalue weighted by atomic mass is 35.5. The van der Waals surface area contributed by atoms with Gasteiger partial charge in [-0.1, -0.05) is 67.7 Å². The number of halogens is 1. The van der Waals surface area contributed by atoms with Gasteiger partial charge in [-0.25, -0.2) is 0 Å². The summed E-state index contributed by atoms with van der Waals surface area (Å²) < 4.78 is 0. The zero-order chi connectivity index (χ0) is 17.5. The van der Waals surface area contributed by atoms with Crippen molar-refractivity contribution >= 4 is 35.3 Å². The summed E-state index contributed by atoms with van der Waals surface area (Å²) in [6, 6.07) is 22.0. The van der Waals surface area contributed by atoms with Crippen LogP contribution in [-0.2, 0) is 6.42 Å². The summed E-state index contributed by atoms with van der Waals surface area (Å²) in [5, 5.41) is 0. The van der Waals surface area contributed by atoms with Crippen molar-refractivity contribution in [3.63, 3.8) is 0 Å². The molecule has 0 spiro atoms. The molecule has 4 heteroatoms. The topological polar surface area (TPSA) is 6.48 Å². The monoisotopic (exact) mass is 388 g/mol. The Morgan fingerprint density at radius 3 is 2.15 bits per heavy atom. The molecule has 0 saturated carbocycles. The molecule has 1 heterocycles. The maximum Gasteiger partial charge on any atom is 0.0823 e. The van der Waals surface area contributed by atoms with Crippen LogP contribution in [0, 0.1) is 0 Å². The zero-order valence-electron chi connectivity index (χ0n) is 15.5. The predicted molar refractivity (Wildman–Crippen MR) is 119 cm³/mol. The standard InChI is InChI=1S/C22H28N2S.ClH/c1-2-22(25)24(20-11-7-4-8-12-20)21-14-17-23(18-15-21)16-13-19-9-5-3-6-10-19;/h3-12,21H,2,13-18H2,1H3;1H. The van der Waals surface area contributed by atoms with Gasteiger partial charge in [0.25, 0.3) is 0 Å². The van der Waals surface area contributed by atoms with E-state index in [2.05, 4.69) is 77.4 Å². The molecule has 1 aliphatic heterocycles. The van der Waals surface area contributed by atoms with Crippen LogP contribution in [0.4, 0.5) is 5.69 Å². The van der Waals surface area contributed by atoms with Crippen LogP contribution in [-0.4, -0.2) is 35.6 Å². The molecule has 3 rings (SSSR count). The highest BCUT2D eigenvalue weighted by molar-refractivity contribution is 7.80. The first kappa shape index (κ1) is 20.9. The summed E-state index contributed by atoms with van der Waals surface area (Å²) in [5.74, 6) is 0. The van der Waals surface area contributed by atoms with E-state index in [0.717, 1.165) is 37.5 Å². The summed E-state index contributed by atoms with van der Waals surface area (Å²) in [4.78, 5) is 6.07. The quantitative estimate of drug-likeness (QED) is 0.615. The van der Waals surface area contributed by atoms with E-state index < -0.39 is 0 Å². The Bertz CT molecular complexity index is 654.